The van der Waals surface area contributed by atoms with Gasteiger partial charge in [0.15, 0.2) is 11.5 Å². The fourth-order valence-electron chi connectivity index (χ4n) is 4.37. The Kier molecular flexibility index (Phi) is 11.0. The van der Waals surface area contributed by atoms with Gasteiger partial charge in [-0.2, -0.15) is 0 Å². The van der Waals surface area contributed by atoms with Crippen LogP contribution in [0.25, 0.3) is 0 Å². The molecular formula is C27H42N2O8. The maximum absolute atomic E-state index is 13.8. The average molecular weight is 523 g/mol. The number of ether oxygens (including phenoxy) is 5. The monoisotopic (exact) mass is 522 g/mol. The van der Waals surface area contributed by atoms with Crippen LogP contribution in [0.5, 0.6) is 11.5 Å². The number of carbonyl (C=O) groups is 3. The zero-order valence-electron chi connectivity index (χ0n) is 23.4. The van der Waals surface area contributed by atoms with Gasteiger partial charge in [-0.15, -0.1) is 0 Å². The molecule has 1 saturated heterocycles. The molecule has 2 atom stereocenters. The number of likely N-dealkylation sites (tertiary alicyclic amines) is 1. The molecule has 1 heterocycles. The number of rotatable bonds is 10. The fraction of sp³-hybridized carbons (Fsp3) is 0.667. The lowest BCUT2D eigenvalue weighted by Gasteiger charge is -2.43. The van der Waals surface area contributed by atoms with Crippen molar-refractivity contribution in [1.82, 2.24) is 9.80 Å². The van der Waals surface area contributed by atoms with E-state index in [4.69, 9.17) is 23.7 Å². The van der Waals surface area contributed by atoms with E-state index >= 15 is 0 Å². The van der Waals surface area contributed by atoms with Crippen molar-refractivity contribution in [3.05, 3.63) is 23.8 Å². The van der Waals surface area contributed by atoms with Gasteiger partial charge in [0.1, 0.15) is 5.60 Å². The second-order valence-electron chi connectivity index (χ2n) is 10.4. The zero-order chi connectivity index (χ0) is 27.8. The SMILES string of the molecule is COCCCOc1cc(C(=O)N(C(C)C)C2CC(C(=O)OC)CN(C(=O)OC(C)(C)C)C2)ccc1OC. The molecule has 0 aromatic heterocycles. The Bertz CT molecular complexity index is 927. The lowest BCUT2D eigenvalue weighted by atomic mass is 9.92. The number of piperidine rings is 1. The summed E-state index contributed by atoms with van der Waals surface area (Å²) in [7, 11) is 4.49. The predicted octanol–water partition coefficient (Wildman–Crippen LogP) is 3.76. The fourth-order valence-corrected chi connectivity index (χ4v) is 4.37. The summed E-state index contributed by atoms with van der Waals surface area (Å²) >= 11 is 0. The molecule has 0 aliphatic carbocycles. The Morgan fingerprint density at radius 2 is 1.76 bits per heavy atom. The lowest BCUT2D eigenvalue weighted by molar-refractivity contribution is -0.148. The summed E-state index contributed by atoms with van der Waals surface area (Å²) in [4.78, 5) is 42.5. The minimum atomic E-state index is -0.693. The highest BCUT2D eigenvalue weighted by molar-refractivity contribution is 5.95. The van der Waals surface area contributed by atoms with E-state index in [0.29, 0.717) is 43.1 Å². The smallest absolute Gasteiger partial charge is 0.410 e. The average Bonchev–Trinajstić information content (AvgIpc) is 2.84. The number of carbonyl (C=O) groups excluding carboxylic acids is 3. The maximum atomic E-state index is 13.8. The van der Waals surface area contributed by atoms with Gasteiger partial charge in [0.2, 0.25) is 0 Å². The molecule has 2 amide bonds. The first kappa shape index (κ1) is 30.2. The number of benzene rings is 1. The largest absolute Gasteiger partial charge is 0.493 e. The van der Waals surface area contributed by atoms with Crippen LogP contribution in [0.1, 0.15) is 57.8 Å². The summed E-state index contributed by atoms with van der Waals surface area (Å²) in [5, 5.41) is 0. The topological polar surface area (TPSA) is 104 Å². The van der Waals surface area contributed by atoms with E-state index in [-0.39, 0.29) is 25.0 Å². The number of hydrogen-bond acceptors (Lipinski definition) is 8. The summed E-state index contributed by atoms with van der Waals surface area (Å²) in [6.45, 7) is 10.5. The van der Waals surface area contributed by atoms with Crippen LogP contribution in [0.15, 0.2) is 18.2 Å². The molecule has 10 heteroatoms. The Hall–Kier alpha value is -3.01. The first-order valence-corrected chi connectivity index (χ1v) is 12.6. The molecule has 2 rings (SSSR count). The molecule has 0 bridgehead atoms. The van der Waals surface area contributed by atoms with E-state index < -0.39 is 29.6 Å². The summed E-state index contributed by atoms with van der Waals surface area (Å²) in [5.41, 5.74) is -0.276. The molecular weight excluding hydrogens is 480 g/mol. The van der Waals surface area contributed by atoms with Crippen molar-refractivity contribution in [2.75, 3.05) is 47.6 Å². The summed E-state index contributed by atoms with van der Waals surface area (Å²) in [5.74, 6) is -0.269. The normalized spacial score (nSPS) is 17.8. The zero-order valence-corrected chi connectivity index (χ0v) is 23.4. The minimum Gasteiger partial charge on any atom is -0.493 e. The van der Waals surface area contributed by atoms with Crippen molar-refractivity contribution in [2.45, 2.75) is 65.1 Å². The van der Waals surface area contributed by atoms with Crippen LogP contribution in [0, 0.1) is 5.92 Å². The van der Waals surface area contributed by atoms with Gasteiger partial charge >= 0.3 is 12.1 Å². The molecule has 2 unspecified atom stereocenters. The molecule has 1 aliphatic heterocycles. The highest BCUT2D eigenvalue weighted by Crippen LogP contribution is 2.31. The van der Waals surface area contributed by atoms with Gasteiger partial charge in [-0.05, 0) is 59.2 Å². The van der Waals surface area contributed by atoms with Crippen LogP contribution in [-0.4, -0.2) is 93.1 Å². The van der Waals surface area contributed by atoms with Crippen molar-refractivity contribution in [1.29, 1.82) is 0 Å². The second kappa shape index (κ2) is 13.5. The van der Waals surface area contributed by atoms with Crippen LogP contribution < -0.4 is 9.47 Å². The van der Waals surface area contributed by atoms with Crippen molar-refractivity contribution >= 4 is 18.0 Å². The van der Waals surface area contributed by atoms with Crippen molar-refractivity contribution < 1.29 is 38.1 Å². The van der Waals surface area contributed by atoms with E-state index in [1.165, 1.54) is 12.0 Å². The molecule has 10 nitrogen and oxygen atoms in total. The van der Waals surface area contributed by atoms with Gasteiger partial charge in [-0.25, -0.2) is 4.79 Å². The number of esters is 1. The summed E-state index contributed by atoms with van der Waals surface area (Å²) in [6, 6.07) is 4.41. The van der Waals surface area contributed by atoms with Crippen molar-refractivity contribution in [2.24, 2.45) is 5.92 Å². The Balaban J connectivity index is 2.35. The molecule has 0 spiro atoms. The minimum absolute atomic E-state index is 0.167. The van der Waals surface area contributed by atoms with Gasteiger partial charge in [0.05, 0.1) is 32.8 Å². The first-order chi connectivity index (χ1) is 17.4. The molecule has 1 aliphatic rings. The van der Waals surface area contributed by atoms with Crippen LogP contribution in [0.2, 0.25) is 0 Å². The van der Waals surface area contributed by atoms with Crippen LogP contribution in [0.3, 0.4) is 0 Å². The molecule has 0 N–H and O–H groups in total. The van der Waals surface area contributed by atoms with E-state index in [9.17, 15) is 14.4 Å². The van der Waals surface area contributed by atoms with Gasteiger partial charge in [-0.3, -0.25) is 9.59 Å². The number of amides is 2. The predicted molar refractivity (Wildman–Crippen MR) is 138 cm³/mol. The van der Waals surface area contributed by atoms with E-state index in [1.54, 1.807) is 58.1 Å². The third-order valence-corrected chi connectivity index (χ3v) is 5.96. The third kappa shape index (κ3) is 8.52. The molecule has 1 aromatic carbocycles. The van der Waals surface area contributed by atoms with Crippen LogP contribution in [-0.2, 0) is 19.0 Å². The van der Waals surface area contributed by atoms with E-state index in [2.05, 4.69) is 0 Å². The third-order valence-electron chi connectivity index (χ3n) is 5.96. The molecule has 37 heavy (non-hydrogen) atoms. The molecule has 0 saturated carbocycles. The number of methoxy groups -OCH3 is 3. The Morgan fingerprint density at radius 3 is 2.32 bits per heavy atom. The maximum Gasteiger partial charge on any atom is 0.410 e. The number of nitrogens with zero attached hydrogens (tertiary/aromatic N) is 2. The summed E-state index contributed by atoms with van der Waals surface area (Å²) in [6.07, 6.45) is 0.526. The van der Waals surface area contributed by atoms with Gasteiger partial charge < -0.3 is 33.5 Å². The summed E-state index contributed by atoms with van der Waals surface area (Å²) < 4.78 is 26.9. The van der Waals surface area contributed by atoms with Crippen molar-refractivity contribution in [3.8, 4) is 11.5 Å². The highest BCUT2D eigenvalue weighted by Gasteiger charge is 2.40. The lowest BCUT2D eigenvalue weighted by Crippen LogP contribution is -2.57. The van der Waals surface area contributed by atoms with Crippen LogP contribution >= 0.6 is 0 Å². The van der Waals surface area contributed by atoms with E-state index in [1.807, 2.05) is 13.8 Å². The number of hydrogen-bond donors (Lipinski definition) is 0. The van der Waals surface area contributed by atoms with E-state index in [0.717, 1.165) is 0 Å². The first-order valence-electron chi connectivity index (χ1n) is 12.6. The standard InChI is InChI=1S/C27H42N2O8/c1-18(2)29(24(30)19-10-11-22(34-7)23(15-19)36-13-9-12-33-6)21-14-20(25(31)35-8)16-28(17-21)26(32)37-27(3,4)5/h10-11,15,18,20-21H,9,12-14,16-17H2,1-8H3. The molecule has 208 valence electrons. The Morgan fingerprint density at radius 1 is 1.05 bits per heavy atom. The second-order valence-corrected chi connectivity index (χ2v) is 10.4. The molecule has 1 aromatic rings. The Labute approximate surface area is 220 Å². The van der Waals surface area contributed by atoms with Gasteiger partial charge in [0, 0.05) is 44.8 Å². The van der Waals surface area contributed by atoms with Gasteiger partial charge in [-0.1, -0.05) is 0 Å². The van der Waals surface area contributed by atoms with Crippen molar-refractivity contribution in [3.63, 3.8) is 0 Å². The highest BCUT2D eigenvalue weighted by atomic mass is 16.6. The molecule has 0 radical (unpaired) electrons. The van der Waals surface area contributed by atoms with Gasteiger partial charge in [0.25, 0.3) is 5.91 Å². The quantitative estimate of drug-likeness (QED) is 0.338. The van der Waals surface area contributed by atoms with Crippen LogP contribution in [0.4, 0.5) is 4.79 Å². The molecule has 1 fully saturated rings.